The number of thiophene rings is 1. The minimum atomic E-state index is -0.165. The Hall–Kier alpha value is -2.60. The van der Waals surface area contributed by atoms with E-state index in [2.05, 4.69) is 10.4 Å². The Labute approximate surface area is 138 Å². The number of aromatic nitrogens is 2. The van der Waals surface area contributed by atoms with Gasteiger partial charge in [0, 0.05) is 7.05 Å². The molecule has 0 saturated heterocycles. The molecule has 1 N–H and O–H groups in total. The molecule has 0 bridgehead atoms. The van der Waals surface area contributed by atoms with Crippen molar-refractivity contribution < 1.29 is 9.53 Å². The summed E-state index contributed by atoms with van der Waals surface area (Å²) in [5, 5.41) is 9.42. The van der Waals surface area contributed by atoms with Crippen molar-refractivity contribution in [3.63, 3.8) is 0 Å². The van der Waals surface area contributed by atoms with Crippen LogP contribution in [0.15, 0.2) is 47.8 Å². The standard InChI is InChI=1S/C17H17N3O2S/c1-20-12(10-14(19-20)16-8-5-9-23-16)11-18-17(21)13-6-3-4-7-15(13)22-2/h3-10H,11H2,1-2H3,(H,18,21). The van der Waals surface area contributed by atoms with Crippen LogP contribution in [0.3, 0.4) is 0 Å². The average molecular weight is 327 g/mol. The molecule has 0 fully saturated rings. The second-order valence-electron chi connectivity index (χ2n) is 5.00. The maximum Gasteiger partial charge on any atom is 0.255 e. The van der Waals surface area contributed by atoms with Crippen LogP contribution in [0, 0.1) is 0 Å². The minimum Gasteiger partial charge on any atom is -0.496 e. The number of carbonyl (C=O) groups excluding carboxylic acids is 1. The van der Waals surface area contributed by atoms with Crippen molar-refractivity contribution in [1.29, 1.82) is 0 Å². The molecule has 0 aliphatic heterocycles. The first kappa shape index (κ1) is 15.3. The summed E-state index contributed by atoms with van der Waals surface area (Å²) in [5.41, 5.74) is 2.39. The molecule has 0 atom stereocenters. The van der Waals surface area contributed by atoms with Gasteiger partial charge in [0.2, 0.25) is 0 Å². The Bertz CT molecular complexity index is 809. The number of amides is 1. The molecule has 3 aromatic rings. The Morgan fingerprint density at radius 2 is 2.13 bits per heavy atom. The number of ether oxygens (including phenoxy) is 1. The summed E-state index contributed by atoms with van der Waals surface area (Å²) in [4.78, 5) is 13.4. The number of benzene rings is 1. The molecule has 6 heteroatoms. The zero-order valence-corrected chi connectivity index (χ0v) is 13.8. The van der Waals surface area contributed by atoms with Crippen LogP contribution in [-0.4, -0.2) is 22.8 Å². The fourth-order valence-electron chi connectivity index (χ4n) is 2.31. The molecule has 0 saturated carbocycles. The maximum absolute atomic E-state index is 12.3. The van der Waals surface area contributed by atoms with Crippen LogP contribution < -0.4 is 10.1 Å². The van der Waals surface area contributed by atoms with E-state index in [1.807, 2.05) is 42.8 Å². The maximum atomic E-state index is 12.3. The largest absolute Gasteiger partial charge is 0.496 e. The second-order valence-corrected chi connectivity index (χ2v) is 5.95. The third kappa shape index (κ3) is 3.27. The van der Waals surface area contributed by atoms with Crippen molar-refractivity contribution >= 4 is 17.2 Å². The molecule has 0 aliphatic carbocycles. The van der Waals surface area contributed by atoms with Crippen molar-refractivity contribution in [2.45, 2.75) is 6.54 Å². The van der Waals surface area contributed by atoms with E-state index < -0.39 is 0 Å². The van der Waals surface area contributed by atoms with Gasteiger partial charge in [-0.05, 0) is 29.6 Å². The molecule has 23 heavy (non-hydrogen) atoms. The fourth-order valence-corrected chi connectivity index (χ4v) is 3.00. The van der Waals surface area contributed by atoms with Crippen LogP contribution in [0.25, 0.3) is 10.6 Å². The predicted octanol–water partition coefficient (Wildman–Crippen LogP) is 3.09. The number of hydrogen-bond donors (Lipinski definition) is 1. The molecular weight excluding hydrogens is 310 g/mol. The number of rotatable bonds is 5. The third-order valence-electron chi connectivity index (χ3n) is 3.53. The number of aryl methyl sites for hydroxylation is 1. The number of hydrogen-bond acceptors (Lipinski definition) is 4. The molecule has 1 aromatic carbocycles. The van der Waals surface area contributed by atoms with Gasteiger partial charge in [0.1, 0.15) is 11.4 Å². The lowest BCUT2D eigenvalue weighted by molar-refractivity contribution is 0.0947. The lowest BCUT2D eigenvalue weighted by atomic mass is 10.2. The smallest absolute Gasteiger partial charge is 0.255 e. The van der Waals surface area contributed by atoms with Gasteiger partial charge in [-0.25, -0.2) is 0 Å². The fraction of sp³-hybridized carbons (Fsp3) is 0.176. The topological polar surface area (TPSA) is 56.1 Å². The lowest BCUT2D eigenvalue weighted by Gasteiger charge is -2.09. The lowest BCUT2D eigenvalue weighted by Crippen LogP contribution is -2.24. The number of carbonyl (C=O) groups is 1. The quantitative estimate of drug-likeness (QED) is 0.783. The van der Waals surface area contributed by atoms with Crippen molar-refractivity contribution in [2.75, 3.05) is 7.11 Å². The van der Waals surface area contributed by atoms with Crippen LogP contribution in [0.1, 0.15) is 16.1 Å². The Balaban J connectivity index is 1.72. The SMILES string of the molecule is COc1ccccc1C(=O)NCc1cc(-c2cccs2)nn1C. The van der Waals surface area contributed by atoms with Gasteiger partial charge < -0.3 is 10.1 Å². The summed E-state index contributed by atoms with van der Waals surface area (Å²) in [6, 6.07) is 13.2. The zero-order chi connectivity index (χ0) is 16.2. The number of nitrogens with one attached hydrogen (secondary N) is 1. The van der Waals surface area contributed by atoms with E-state index in [0.717, 1.165) is 16.3 Å². The van der Waals surface area contributed by atoms with Gasteiger partial charge in [-0.15, -0.1) is 11.3 Å². The van der Waals surface area contributed by atoms with Crippen LogP contribution in [0.2, 0.25) is 0 Å². The van der Waals surface area contributed by atoms with Crippen LogP contribution in [0.4, 0.5) is 0 Å². The number of methoxy groups -OCH3 is 1. The zero-order valence-electron chi connectivity index (χ0n) is 12.9. The minimum absolute atomic E-state index is 0.165. The van der Waals surface area contributed by atoms with E-state index in [9.17, 15) is 4.79 Å². The highest BCUT2D eigenvalue weighted by atomic mass is 32.1. The molecule has 0 unspecified atom stereocenters. The Kier molecular flexibility index (Phi) is 4.43. The predicted molar refractivity (Wildman–Crippen MR) is 90.7 cm³/mol. The first-order valence-electron chi connectivity index (χ1n) is 7.17. The van der Waals surface area contributed by atoms with E-state index in [1.165, 1.54) is 0 Å². The van der Waals surface area contributed by atoms with Gasteiger partial charge in [0.15, 0.2) is 0 Å². The molecule has 0 spiro atoms. The monoisotopic (exact) mass is 327 g/mol. The molecule has 3 rings (SSSR count). The van der Waals surface area contributed by atoms with Gasteiger partial charge in [-0.1, -0.05) is 18.2 Å². The van der Waals surface area contributed by atoms with Crippen molar-refractivity contribution in [3.05, 3.63) is 59.1 Å². The van der Waals surface area contributed by atoms with E-state index in [4.69, 9.17) is 4.74 Å². The van der Waals surface area contributed by atoms with Crippen LogP contribution in [0.5, 0.6) is 5.75 Å². The van der Waals surface area contributed by atoms with Crippen molar-refractivity contribution in [1.82, 2.24) is 15.1 Å². The molecule has 1 amide bonds. The summed E-state index contributed by atoms with van der Waals surface area (Å²) in [6.45, 7) is 0.408. The van der Waals surface area contributed by atoms with Gasteiger partial charge >= 0.3 is 0 Å². The molecular formula is C17H17N3O2S. The van der Waals surface area contributed by atoms with E-state index in [1.54, 1.807) is 35.3 Å². The number of nitrogens with zero attached hydrogens (tertiary/aromatic N) is 2. The molecule has 2 heterocycles. The third-order valence-corrected chi connectivity index (χ3v) is 4.42. The van der Waals surface area contributed by atoms with E-state index in [0.29, 0.717) is 17.9 Å². The second kappa shape index (κ2) is 6.66. The van der Waals surface area contributed by atoms with Crippen molar-refractivity contribution in [3.8, 4) is 16.3 Å². The summed E-state index contributed by atoms with van der Waals surface area (Å²) in [7, 11) is 3.43. The summed E-state index contributed by atoms with van der Waals surface area (Å²) in [5.74, 6) is 0.399. The number of para-hydroxylation sites is 1. The highest BCUT2D eigenvalue weighted by molar-refractivity contribution is 7.13. The van der Waals surface area contributed by atoms with Crippen LogP contribution in [-0.2, 0) is 13.6 Å². The summed E-state index contributed by atoms with van der Waals surface area (Å²) in [6.07, 6.45) is 0. The van der Waals surface area contributed by atoms with Gasteiger partial charge in [0.25, 0.3) is 5.91 Å². The molecule has 5 nitrogen and oxygen atoms in total. The van der Waals surface area contributed by atoms with Gasteiger partial charge in [-0.3, -0.25) is 9.48 Å². The summed E-state index contributed by atoms with van der Waals surface area (Å²) < 4.78 is 7.01. The first-order valence-corrected chi connectivity index (χ1v) is 8.05. The molecule has 0 radical (unpaired) electrons. The average Bonchev–Trinajstić information content (AvgIpc) is 3.22. The van der Waals surface area contributed by atoms with E-state index in [-0.39, 0.29) is 5.91 Å². The van der Waals surface area contributed by atoms with Crippen LogP contribution >= 0.6 is 11.3 Å². The normalized spacial score (nSPS) is 10.5. The summed E-state index contributed by atoms with van der Waals surface area (Å²) >= 11 is 1.64. The highest BCUT2D eigenvalue weighted by Crippen LogP contribution is 2.24. The molecule has 0 aliphatic rings. The Morgan fingerprint density at radius 1 is 1.30 bits per heavy atom. The molecule has 2 aromatic heterocycles. The van der Waals surface area contributed by atoms with Crippen molar-refractivity contribution in [2.24, 2.45) is 7.05 Å². The highest BCUT2D eigenvalue weighted by Gasteiger charge is 2.13. The van der Waals surface area contributed by atoms with Gasteiger partial charge in [0.05, 0.1) is 29.8 Å². The molecule has 118 valence electrons. The Morgan fingerprint density at radius 3 is 2.87 bits per heavy atom. The van der Waals surface area contributed by atoms with Gasteiger partial charge in [-0.2, -0.15) is 5.10 Å². The first-order chi connectivity index (χ1) is 11.2. The van der Waals surface area contributed by atoms with E-state index >= 15 is 0 Å².